The molecule has 1 saturated heterocycles. The molecule has 30 heavy (non-hydrogen) atoms. The standard InChI is InChI=1S/C20H26N8O2/c1-14-2-7-17(26-25-14)23-15-3-5-16(6-4-15)30-20-24-19(27-8-10-29-11-9-27)12-18-21-13-22-28(18)20/h2,7,12-13,15-16H,3-6,8-11H2,1H3,(H,23,26). The number of nitrogens with one attached hydrogen (secondary N) is 1. The van der Waals surface area contributed by atoms with Gasteiger partial charge in [-0.1, -0.05) is 0 Å². The molecule has 3 aromatic rings. The Hall–Kier alpha value is -3.01. The summed E-state index contributed by atoms with van der Waals surface area (Å²) in [6.45, 7) is 4.98. The lowest BCUT2D eigenvalue weighted by molar-refractivity contribution is 0.121. The third-order valence-electron chi connectivity index (χ3n) is 5.65. The topological polar surface area (TPSA) is 103 Å². The van der Waals surface area contributed by atoms with Crippen molar-refractivity contribution < 1.29 is 9.47 Å². The minimum absolute atomic E-state index is 0.104. The van der Waals surface area contributed by atoms with Crippen LogP contribution in [0.4, 0.5) is 11.6 Å². The smallest absolute Gasteiger partial charge is 0.321 e. The van der Waals surface area contributed by atoms with E-state index < -0.39 is 0 Å². The molecule has 0 radical (unpaired) electrons. The number of hydrogen-bond donors (Lipinski definition) is 1. The van der Waals surface area contributed by atoms with E-state index in [9.17, 15) is 0 Å². The number of anilines is 2. The molecule has 1 saturated carbocycles. The van der Waals surface area contributed by atoms with E-state index in [1.165, 1.54) is 6.33 Å². The largest absolute Gasteiger partial charge is 0.460 e. The van der Waals surface area contributed by atoms with Crippen LogP contribution in [0.1, 0.15) is 31.4 Å². The van der Waals surface area contributed by atoms with Crippen LogP contribution >= 0.6 is 0 Å². The highest BCUT2D eigenvalue weighted by molar-refractivity contribution is 5.52. The molecule has 10 heteroatoms. The maximum absolute atomic E-state index is 6.31. The van der Waals surface area contributed by atoms with Crippen molar-refractivity contribution in [3.8, 4) is 6.01 Å². The van der Waals surface area contributed by atoms with E-state index in [-0.39, 0.29) is 6.10 Å². The Bertz CT molecular complexity index is 978. The van der Waals surface area contributed by atoms with E-state index in [1.54, 1.807) is 4.52 Å². The van der Waals surface area contributed by atoms with Crippen LogP contribution in [0.2, 0.25) is 0 Å². The number of nitrogens with zero attached hydrogens (tertiary/aromatic N) is 7. The van der Waals surface area contributed by atoms with Crippen molar-refractivity contribution in [2.45, 2.75) is 44.8 Å². The summed E-state index contributed by atoms with van der Waals surface area (Å²) < 4.78 is 13.4. The molecular formula is C20H26N8O2. The van der Waals surface area contributed by atoms with Crippen molar-refractivity contribution in [3.63, 3.8) is 0 Å². The highest BCUT2D eigenvalue weighted by Gasteiger charge is 2.25. The predicted octanol–water partition coefficient (Wildman–Crippen LogP) is 1.86. The van der Waals surface area contributed by atoms with Gasteiger partial charge in [0.05, 0.1) is 18.9 Å². The molecule has 0 unspecified atom stereocenters. The number of morpholine rings is 1. The minimum atomic E-state index is 0.104. The van der Waals surface area contributed by atoms with E-state index in [0.717, 1.165) is 61.7 Å². The quantitative estimate of drug-likeness (QED) is 0.675. The van der Waals surface area contributed by atoms with Crippen molar-refractivity contribution in [1.82, 2.24) is 29.8 Å². The molecule has 1 N–H and O–H groups in total. The van der Waals surface area contributed by atoms with E-state index in [2.05, 4.69) is 30.5 Å². The van der Waals surface area contributed by atoms with Gasteiger partial charge < -0.3 is 19.7 Å². The van der Waals surface area contributed by atoms with Crippen LogP contribution in [-0.2, 0) is 4.74 Å². The van der Waals surface area contributed by atoms with Crippen LogP contribution in [0.25, 0.3) is 5.65 Å². The molecule has 2 fully saturated rings. The Kier molecular flexibility index (Phi) is 5.31. The van der Waals surface area contributed by atoms with Crippen molar-refractivity contribution in [2.75, 3.05) is 36.5 Å². The second kappa shape index (κ2) is 8.39. The van der Waals surface area contributed by atoms with Crippen LogP contribution in [0.5, 0.6) is 6.01 Å². The van der Waals surface area contributed by atoms with E-state index in [0.29, 0.717) is 25.3 Å². The third-order valence-corrected chi connectivity index (χ3v) is 5.65. The molecule has 5 rings (SSSR count). The van der Waals surface area contributed by atoms with Gasteiger partial charge >= 0.3 is 6.01 Å². The zero-order valence-electron chi connectivity index (χ0n) is 17.1. The maximum Gasteiger partial charge on any atom is 0.321 e. The summed E-state index contributed by atoms with van der Waals surface area (Å²) in [5.74, 6) is 1.69. The Labute approximate surface area is 174 Å². The molecular weight excluding hydrogens is 384 g/mol. The van der Waals surface area contributed by atoms with Crippen LogP contribution in [-0.4, -0.2) is 68.2 Å². The van der Waals surface area contributed by atoms with Gasteiger partial charge in [0.25, 0.3) is 0 Å². The predicted molar refractivity (Wildman–Crippen MR) is 111 cm³/mol. The van der Waals surface area contributed by atoms with Gasteiger partial charge in [-0.2, -0.15) is 19.7 Å². The summed E-state index contributed by atoms with van der Waals surface area (Å²) in [7, 11) is 0. The van der Waals surface area contributed by atoms with Gasteiger partial charge in [0.2, 0.25) is 0 Å². The highest BCUT2D eigenvalue weighted by atomic mass is 16.5. The molecule has 0 bridgehead atoms. The molecule has 2 aliphatic rings. The lowest BCUT2D eigenvalue weighted by atomic mass is 9.93. The zero-order valence-corrected chi connectivity index (χ0v) is 17.1. The van der Waals surface area contributed by atoms with E-state index in [4.69, 9.17) is 14.5 Å². The minimum Gasteiger partial charge on any atom is -0.460 e. The normalized spacial score (nSPS) is 22.2. The van der Waals surface area contributed by atoms with Crippen molar-refractivity contribution in [3.05, 3.63) is 30.2 Å². The molecule has 1 aliphatic carbocycles. The van der Waals surface area contributed by atoms with Gasteiger partial charge in [0.1, 0.15) is 24.1 Å². The van der Waals surface area contributed by atoms with Crippen molar-refractivity contribution in [2.24, 2.45) is 0 Å². The molecule has 158 valence electrons. The van der Waals surface area contributed by atoms with Gasteiger partial charge in [0, 0.05) is 25.2 Å². The summed E-state index contributed by atoms with van der Waals surface area (Å²) in [4.78, 5) is 11.3. The van der Waals surface area contributed by atoms with Crippen molar-refractivity contribution >= 4 is 17.3 Å². The number of aromatic nitrogens is 6. The SMILES string of the molecule is Cc1ccc(NC2CCC(Oc3nc(N4CCOCC4)cc4ncnn34)CC2)nn1. The second-order valence-corrected chi connectivity index (χ2v) is 7.82. The lowest BCUT2D eigenvalue weighted by Gasteiger charge is -2.30. The van der Waals surface area contributed by atoms with Crippen LogP contribution in [0.15, 0.2) is 24.5 Å². The molecule has 0 aromatic carbocycles. The second-order valence-electron chi connectivity index (χ2n) is 7.82. The monoisotopic (exact) mass is 410 g/mol. The molecule has 0 atom stereocenters. The average Bonchev–Trinajstić information content (AvgIpc) is 3.26. The first kappa shape index (κ1) is 19.0. The maximum atomic E-state index is 6.31. The molecule has 1 aliphatic heterocycles. The van der Waals surface area contributed by atoms with Gasteiger partial charge in [-0.25, -0.2) is 4.98 Å². The molecule has 4 heterocycles. The summed E-state index contributed by atoms with van der Waals surface area (Å²) in [6, 6.07) is 6.79. The fourth-order valence-corrected chi connectivity index (χ4v) is 3.98. The van der Waals surface area contributed by atoms with Crippen LogP contribution in [0, 0.1) is 6.92 Å². The molecule has 0 amide bonds. The molecule has 10 nitrogen and oxygen atoms in total. The summed E-state index contributed by atoms with van der Waals surface area (Å²) in [5.41, 5.74) is 1.67. The first-order valence-electron chi connectivity index (χ1n) is 10.5. The van der Waals surface area contributed by atoms with Gasteiger partial charge in [-0.3, -0.25) is 0 Å². The first-order valence-corrected chi connectivity index (χ1v) is 10.5. The molecule has 3 aromatic heterocycles. The van der Waals surface area contributed by atoms with Gasteiger partial charge in [0.15, 0.2) is 5.65 Å². The van der Waals surface area contributed by atoms with E-state index in [1.807, 2.05) is 25.1 Å². The Balaban J connectivity index is 1.24. The third kappa shape index (κ3) is 4.13. The lowest BCUT2D eigenvalue weighted by Crippen LogP contribution is -2.37. The number of fused-ring (bicyclic) bond motifs is 1. The summed E-state index contributed by atoms with van der Waals surface area (Å²) in [5, 5.41) is 16.1. The average molecular weight is 410 g/mol. The highest BCUT2D eigenvalue weighted by Crippen LogP contribution is 2.26. The fraction of sp³-hybridized carbons (Fsp3) is 0.550. The number of aryl methyl sites for hydroxylation is 1. The van der Waals surface area contributed by atoms with Gasteiger partial charge in [-0.05, 0) is 44.7 Å². The Morgan fingerprint density at radius 3 is 2.70 bits per heavy atom. The molecule has 0 spiro atoms. The summed E-state index contributed by atoms with van der Waals surface area (Å²) in [6.07, 6.45) is 5.53. The Morgan fingerprint density at radius 2 is 1.93 bits per heavy atom. The van der Waals surface area contributed by atoms with E-state index >= 15 is 0 Å². The van der Waals surface area contributed by atoms with Crippen LogP contribution in [0.3, 0.4) is 0 Å². The number of rotatable bonds is 5. The van der Waals surface area contributed by atoms with Crippen LogP contribution < -0.4 is 15.0 Å². The number of hydrogen-bond acceptors (Lipinski definition) is 9. The zero-order chi connectivity index (χ0) is 20.3. The van der Waals surface area contributed by atoms with Gasteiger partial charge in [-0.15, -0.1) is 5.10 Å². The first-order chi connectivity index (χ1) is 14.7. The number of ether oxygens (including phenoxy) is 2. The van der Waals surface area contributed by atoms with Crippen molar-refractivity contribution in [1.29, 1.82) is 0 Å². The fourth-order valence-electron chi connectivity index (χ4n) is 3.98. The Morgan fingerprint density at radius 1 is 1.10 bits per heavy atom. The summed E-state index contributed by atoms with van der Waals surface area (Å²) >= 11 is 0.